The van der Waals surface area contributed by atoms with Crippen LogP contribution in [0, 0.1) is 13.8 Å². The molecule has 21 heavy (non-hydrogen) atoms. The van der Waals surface area contributed by atoms with E-state index >= 15 is 0 Å². The second-order valence-electron chi connectivity index (χ2n) is 6.08. The molecule has 4 heteroatoms. The molecule has 0 saturated carbocycles. The monoisotopic (exact) mass is 284 g/mol. The molecule has 0 bridgehead atoms. The van der Waals surface area contributed by atoms with E-state index < -0.39 is 0 Å². The van der Waals surface area contributed by atoms with Gasteiger partial charge in [-0.1, -0.05) is 12.1 Å². The molecule has 4 nitrogen and oxygen atoms in total. The van der Waals surface area contributed by atoms with Crippen molar-refractivity contribution in [1.82, 2.24) is 14.7 Å². The molecule has 0 amide bonds. The van der Waals surface area contributed by atoms with Crippen LogP contribution in [0.4, 0.5) is 5.69 Å². The first-order valence-electron chi connectivity index (χ1n) is 7.65. The Morgan fingerprint density at radius 1 is 1.33 bits per heavy atom. The molecule has 2 heterocycles. The highest BCUT2D eigenvalue weighted by Crippen LogP contribution is 2.36. The van der Waals surface area contributed by atoms with Gasteiger partial charge in [-0.15, -0.1) is 0 Å². The van der Waals surface area contributed by atoms with Gasteiger partial charge >= 0.3 is 0 Å². The van der Waals surface area contributed by atoms with Crippen molar-refractivity contribution in [2.45, 2.75) is 39.3 Å². The summed E-state index contributed by atoms with van der Waals surface area (Å²) in [5.74, 6) is 0. The maximum atomic E-state index is 5.90. The predicted octanol–water partition coefficient (Wildman–Crippen LogP) is 2.96. The van der Waals surface area contributed by atoms with Crippen molar-refractivity contribution in [3.63, 3.8) is 0 Å². The third-order valence-electron chi connectivity index (χ3n) is 4.60. The van der Waals surface area contributed by atoms with Crippen LogP contribution in [0.5, 0.6) is 0 Å². The Bertz CT molecular complexity index is 644. The molecule has 0 aliphatic carbocycles. The maximum absolute atomic E-state index is 5.90. The molecule has 2 N–H and O–H groups in total. The van der Waals surface area contributed by atoms with E-state index in [1.807, 2.05) is 23.9 Å². The lowest BCUT2D eigenvalue weighted by Gasteiger charge is -2.25. The summed E-state index contributed by atoms with van der Waals surface area (Å²) in [5, 5.41) is 4.58. The third kappa shape index (κ3) is 2.68. The fourth-order valence-corrected chi connectivity index (χ4v) is 3.54. The van der Waals surface area contributed by atoms with Crippen molar-refractivity contribution in [3.8, 4) is 0 Å². The van der Waals surface area contributed by atoms with Gasteiger partial charge in [-0.2, -0.15) is 5.10 Å². The number of nitrogens with zero attached hydrogens (tertiary/aromatic N) is 3. The van der Waals surface area contributed by atoms with Gasteiger partial charge in [0.05, 0.1) is 5.69 Å². The van der Waals surface area contributed by atoms with Gasteiger partial charge in [0.15, 0.2) is 0 Å². The van der Waals surface area contributed by atoms with Gasteiger partial charge < -0.3 is 5.73 Å². The SMILES string of the molecule is Cc1nn(C)c(C)c1C1CCCN1Cc1cccc(N)c1. The molecule has 1 unspecified atom stereocenters. The Labute approximate surface area is 126 Å². The van der Waals surface area contributed by atoms with Gasteiger partial charge in [-0.05, 0) is 50.9 Å². The number of aromatic nitrogens is 2. The number of anilines is 1. The van der Waals surface area contributed by atoms with Crippen LogP contribution in [0.3, 0.4) is 0 Å². The Morgan fingerprint density at radius 2 is 2.14 bits per heavy atom. The van der Waals surface area contributed by atoms with Gasteiger partial charge in [0.1, 0.15) is 0 Å². The first-order valence-corrected chi connectivity index (χ1v) is 7.65. The summed E-state index contributed by atoms with van der Waals surface area (Å²) in [6.07, 6.45) is 2.47. The lowest BCUT2D eigenvalue weighted by molar-refractivity contribution is 0.247. The average Bonchev–Trinajstić information content (AvgIpc) is 2.95. The Morgan fingerprint density at radius 3 is 2.81 bits per heavy atom. The first kappa shape index (κ1) is 14.1. The minimum Gasteiger partial charge on any atom is -0.399 e. The zero-order chi connectivity index (χ0) is 15.0. The van der Waals surface area contributed by atoms with E-state index in [-0.39, 0.29) is 0 Å². The van der Waals surface area contributed by atoms with Gasteiger partial charge in [0, 0.05) is 36.6 Å². The quantitative estimate of drug-likeness (QED) is 0.882. The van der Waals surface area contributed by atoms with Crippen molar-refractivity contribution >= 4 is 5.69 Å². The average molecular weight is 284 g/mol. The van der Waals surface area contributed by atoms with Crippen LogP contribution >= 0.6 is 0 Å². The number of hydrogen-bond donors (Lipinski definition) is 1. The molecule has 1 aromatic carbocycles. The number of rotatable bonds is 3. The summed E-state index contributed by atoms with van der Waals surface area (Å²) in [7, 11) is 2.03. The van der Waals surface area contributed by atoms with Crippen molar-refractivity contribution in [3.05, 3.63) is 46.8 Å². The molecular formula is C17H24N4. The lowest BCUT2D eigenvalue weighted by atomic mass is 10.0. The molecule has 1 fully saturated rings. The molecule has 112 valence electrons. The van der Waals surface area contributed by atoms with E-state index in [9.17, 15) is 0 Å². The number of aryl methyl sites for hydroxylation is 2. The van der Waals surface area contributed by atoms with E-state index in [1.165, 1.54) is 35.4 Å². The smallest absolute Gasteiger partial charge is 0.0644 e. The van der Waals surface area contributed by atoms with Crippen LogP contribution in [0.1, 0.15) is 41.4 Å². The van der Waals surface area contributed by atoms with Crippen molar-refractivity contribution in [2.75, 3.05) is 12.3 Å². The van der Waals surface area contributed by atoms with E-state index in [0.717, 1.165) is 18.8 Å². The van der Waals surface area contributed by atoms with Crippen LogP contribution in [0.2, 0.25) is 0 Å². The van der Waals surface area contributed by atoms with E-state index in [2.05, 4.69) is 36.0 Å². The van der Waals surface area contributed by atoms with Gasteiger partial charge in [-0.25, -0.2) is 0 Å². The van der Waals surface area contributed by atoms with E-state index in [4.69, 9.17) is 5.73 Å². The normalized spacial score (nSPS) is 19.3. The molecule has 2 aromatic rings. The number of nitrogens with two attached hydrogens (primary N) is 1. The third-order valence-corrected chi connectivity index (χ3v) is 4.60. The summed E-state index contributed by atoms with van der Waals surface area (Å²) in [4.78, 5) is 2.56. The highest BCUT2D eigenvalue weighted by Gasteiger charge is 2.30. The molecule has 0 spiro atoms. The maximum Gasteiger partial charge on any atom is 0.0644 e. The van der Waals surface area contributed by atoms with Crippen molar-refractivity contribution < 1.29 is 0 Å². The van der Waals surface area contributed by atoms with Gasteiger partial charge in [0.2, 0.25) is 0 Å². The fourth-order valence-electron chi connectivity index (χ4n) is 3.54. The molecule has 3 rings (SSSR count). The standard InChI is InChI=1S/C17H24N4/c1-12-17(13(2)20(3)19-12)16-8-5-9-21(16)11-14-6-4-7-15(18)10-14/h4,6-7,10,16H,5,8-9,11,18H2,1-3H3. The summed E-state index contributed by atoms with van der Waals surface area (Å²) in [6, 6.07) is 8.71. The molecule has 1 aliphatic heterocycles. The second kappa shape index (κ2) is 5.53. The number of nitrogen functional groups attached to an aromatic ring is 1. The Balaban J connectivity index is 1.86. The Hall–Kier alpha value is -1.81. The molecule has 1 atom stereocenters. The zero-order valence-electron chi connectivity index (χ0n) is 13.1. The highest BCUT2D eigenvalue weighted by atomic mass is 15.3. The number of hydrogen-bond acceptors (Lipinski definition) is 3. The van der Waals surface area contributed by atoms with Crippen LogP contribution in [-0.2, 0) is 13.6 Å². The summed E-state index contributed by atoms with van der Waals surface area (Å²) >= 11 is 0. The van der Waals surface area contributed by atoms with Crippen molar-refractivity contribution in [2.24, 2.45) is 7.05 Å². The molecule has 1 aliphatic rings. The lowest BCUT2D eigenvalue weighted by Crippen LogP contribution is -2.23. The number of likely N-dealkylation sites (tertiary alicyclic amines) is 1. The zero-order valence-corrected chi connectivity index (χ0v) is 13.1. The van der Waals surface area contributed by atoms with Crippen LogP contribution in [0.15, 0.2) is 24.3 Å². The summed E-state index contributed by atoms with van der Waals surface area (Å²) < 4.78 is 2.00. The summed E-state index contributed by atoms with van der Waals surface area (Å²) in [6.45, 7) is 6.41. The molecular weight excluding hydrogens is 260 g/mol. The first-order chi connectivity index (χ1) is 10.1. The summed E-state index contributed by atoms with van der Waals surface area (Å²) in [5.41, 5.74) is 11.9. The largest absolute Gasteiger partial charge is 0.399 e. The Kier molecular flexibility index (Phi) is 3.72. The highest BCUT2D eigenvalue weighted by molar-refractivity contribution is 5.40. The second-order valence-corrected chi connectivity index (χ2v) is 6.08. The van der Waals surface area contributed by atoms with Crippen LogP contribution in [-0.4, -0.2) is 21.2 Å². The van der Waals surface area contributed by atoms with Crippen molar-refractivity contribution in [1.29, 1.82) is 0 Å². The van der Waals surface area contributed by atoms with E-state index in [1.54, 1.807) is 0 Å². The molecule has 1 saturated heterocycles. The minimum atomic E-state index is 0.486. The number of benzene rings is 1. The van der Waals surface area contributed by atoms with Gasteiger partial charge in [-0.3, -0.25) is 9.58 Å². The fraction of sp³-hybridized carbons (Fsp3) is 0.471. The van der Waals surface area contributed by atoms with Gasteiger partial charge in [0.25, 0.3) is 0 Å². The van der Waals surface area contributed by atoms with E-state index in [0.29, 0.717) is 6.04 Å². The molecule has 1 aromatic heterocycles. The predicted molar refractivity (Wildman–Crippen MR) is 85.9 cm³/mol. The minimum absolute atomic E-state index is 0.486. The van der Waals surface area contributed by atoms with Crippen LogP contribution < -0.4 is 5.73 Å². The topological polar surface area (TPSA) is 47.1 Å². The van der Waals surface area contributed by atoms with Crippen LogP contribution in [0.25, 0.3) is 0 Å². The molecule has 0 radical (unpaired) electrons.